The van der Waals surface area contributed by atoms with Crippen molar-refractivity contribution in [1.82, 2.24) is 9.97 Å². The summed E-state index contributed by atoms with van der Waals surface area (Å²) in [4.78, 5) is 8.77. The van der Waals surface area contributed by atoms with Crippen LogP contribution in [0.1, 0.15) is 29.8 Å². The first-order chi connectivity index (χ1) is 15.8. The van der Waals surface area contributed by atoms with Gasteiger partial charge in [-0.3, -0.25) is 0 Å². The fourth-order valence-electron chi connectivity index (χ4n) is 3.73. The lowest BCUT2D eigenvalue weighted by Gasteiger charge is -2.17. The van der Waals surface area contributed by atoms with E-state index in [0.29, 0.717) is 53.3 Å². The second-order valence-corrected chi connectivity index (χ2v) is 7.72. The predicted octanol–water partition coefficient (Wildman–Crippen LogP) is 5.27. The number of methoxy groups -OCH3 is 1. The Bertz CT molecular complexity index is 1150. The van der Waals surface area contributed by atoms with Crippen molar-refractivity contribution in [2.45, 2.75) is 38.6 Å². The van der Waals surface area contributed by atoms with Gasteiger partial charge in [0.1, 0.15) is 24.1 Å². The minimum absolute atomic E-state index is 0.00107. The summed E-state index contributed by atoms with van der Waals surface area (Å²) in [7, 11) is 1.52. The molecule has 33 heavy (non-hydrogen) atoms. The SMILES string of the molecule is COc1cc2nc(C)nc(NCc3cccc(C(F)(F)F)c3F)c2cc1OC[C@H]1CCCO1. The largest absolute Gasteiger partial charge is 0.493 e. The molecule has 0 radical (unpaired) electrons. The van der Waals surface area contributed by atoms with Crippen LogP contribution in [0.4, 0.5) is 23.4 Å². The standard InChI is InChI=1S/C23H23F4N3O3/c1-13-29-18-10-19(31-2)20(33-12-15-6-4-8-32-15)9-16(18)22(30-13)28-11-14-5-3-7-17(21(14)24)23(25,26)27/h3,5,7,9-10,15H,4,6,8,11-12H2,1-2H3,(H,28,29,30)/t15-/m1/s1. The topological polar surface area (TPSA) is 65.5 Å². The molecule has 0 unspecified atom stereocenters. The number of benzene rings is 2. The molecule has 4 rings (SSSR count). The van der Waals surface area contributed by atoms with E-state index in [9.17, 15) is 17.6 Å². The Hall–Kier alpha value is -3.14. The zero-order valence-electron chi connectivity index (χ0n) is 18.1. The molecule has 0 spiro atoms. The monoisotopic (exact) mass is 465 g/mol. The summed E-state index contributed by atoms with van der Waals surface area (Å²) < 4.78 is 70.5. The minimum atomic E-state index is -4.77. The molecule has 0 aliphatic carbocycles. The van der Waals surface area contributed by atoms with Crippen molar-refractivity contribution >= 4 is 16.7 Å². The molecule has 176 valence electrons. The summed E-state index contributed by atoms with van der Waals surface area (Å²) in [6, 6.07) is 6.59. The number of rotatable bonds is 7. The van der Waals surface area contributed by atoms with Crippen molar-refractivity contribution in [2.24, 2.45) is 0 Å². The van der Waals surface area contributed by atoms with Crippen molar-refractivity contribution in [1.29, 1.82) is 0 Å². The summed E-state index contributed by atoms with van der Waals surface area (Å²) in [5.41, 5.74) is -0.881. The maximum Gasteiger partial charge on any atom is 0.419 e. The van der Waals surface area contributed by atoms with Crippen LogP contribution >= 0.6 is 0 Å². The number of aromatic nitrogens is 2. The van der Waals surface area contributed by atoms with Gasteiger partial charge in [0.2, 0.25) is 0 Å². The molecule has 0 bridgehead atoms. The van der Waals surface area contributed by atoms with E-state index in [4.69, 9.17) is 14.2 Å². The summed E-state index contributed by atoms with van der Waals surface area (Å²) >= 11 is 0. The lowest BCUT2D eigenvalue weighted by Crippen LogP contribution is -2.16. The average Bonchev–Trinajstić information content (AvgIpc) is 3.29. The summed E-state index contributed by atoms with van der Waals surface area (Å²) in [6.45, 7) is 2.55. The van der Waals surface area contributed by atoms with E-state index in [1.54, 1.807) is 19.1 Å². The Kier molecular flexibility index (Phi) is 6.55. The highest BCUT2D eigenvalue weighted by Crippen LogP contribution is 2.36. The first-order valence-corrected chi connectivity index (χ1v) is 10.5. The van der Waals surface area contributed by atoms with Crippen LogP contribution < -0.4 is 14.8 Å². The highest BCUT2D eigenvalue weighted by molar-refractivity contribution is 5.91. The molecule has 1 aromatic heterocycles. The molecule has 0 saturated carbocycles. The number of nitrogens with zero attached hydrogens (tertiary/aromatic N) is 2. The van der Waals surface area contributed by atoms with Crippen LogP contribution in [0.2, 0.25) is 0 Å². The first-order valence-electron chi connectivity index (χ1n) is 10.5. The van der Waals surface area contributed by atoms with Crippen LogP contribution in [-0.2, 0) is 17.5 Å². The fraction of sp³-hybridized carbons (Fsp3) is 0.391. The summed E-state index contributed by atoms with van der Waals surface area (Å²) in [5.74, 6) is 0.410. The first kappa shape index (κ1) is 23.0. The smallest absolute Gasteiger partial charge is 0.419 e. The van der Waals surface area contributed by atoms with Crippen molar-refractivity contribution in [3.63, 3.8) is 0 Å². The molecule has 2 heterocycles. The Balaban J connectivity index is 1.63. The molecule has 1 N–H and O–H groups in total. The number of fused-ring (bicyclic) bond motifs is 1. The summed E-state index contributed by atoms with van der Waals surface area (Å²) in [6.07, 6.45) is -2.88. The number of hydrogen-bond acceptors (Lipinski definition) is 6. The third-order valence-electron chi connectivity index (χ3n) is 5.37. The van der Waals surface area contributed by atoms with E-state index in [-0.39, 0.29) is 18.2 Å². The number of halogens is 4. The van der Waals surface area contributed by atoms with Gasteiger partial charge in [-0.2, -0.15) is 13.2 Å². The van der Waals surface area contributed by atoms with Gasteiger partial charge >= 0.3 is 6.18 Å². The van der Waals surface area contributed by atoms with Crippen LogP contribution in [0.3, 0.4) is 0 Å². The number of nitrogens with one attached hydrogen (secondary N) is 1. The van der Waals surface area contributed by atoms with E-state index >= 15 is 0 Å². The molecule has 1 saturated heterocycles. The number of alkyl halides is 3. The number of aryl methyl sites for hydroxylation is 1. The van der Waals surface area contributed by atoms with Crippen LogP contribution in [0.5, 0.6) is 11.5 Å². The second kappa shape index (κ2) is 9.38. The van der Waals surface area contributed by atoms with Gasteiger partial charge < -0.3 is 19.5 Å². The zero-order valence-corrected chi connectivity index (χ0v) is 18.1. The van der Waals surface area contributed by atoms with Crippen LogP contribution in [0.15, 0.2) is 30.3 Å². The van der Waals surface area contributed by atoms with Crippen LogP contribution in [0.25, 0.3) is 10.9 Å². The van der Waals surface area contributed by atoms with E-state index < -0.39 is 17.6 Å². The molecule has 0 amide bonds. The Morgan fingerprint density at radius 1 is 1.18 bits per heavy atom. The van der Waals surface area contributed by atoms with E-state index in [1.165, 1.54) is 19.2 Å². The van der Waals surface area contributed by atoms with Gasteiger partial charge in [0.25, 0.3) is 0 Å². The molecule has 1 atom stereocenters. The van der Waals surface area contributed by atoms with Crippen molar-refractivity contribution < 1.29 is 31.8 Å². The minimum Gasteiger partial charge on any atom is -0.493 e. The van der Waals surface area contributed by atoms with E-state index in [1.807, 2.05) is 0 Å². The molecule has 6 nitrogen and oxygen atoms in total. The van der Waals surface area contributed by atoms with E-state index in [2.05, 4.69) is 15.3 Å². The van der Waals surface area contributed by atoms with Crippen molar-refractivity contribution in [3.8, 4) is 11.5 Å². The van der Waals surface area contributed by atoms with Gasteiger partial charge in [-0.1, -0.05) is 12.1 Å². The van der Waals surface area contributed by atoms with Crippen LogP contribution in [-0.4, -0.2) is 36.4 Å². The van der Waals surface area contributed by atoms with Gasteiger partial charge in [-0.15, -0.1) is 0 Å². The molecular weight excluding hydrogens is 442 g/mol. The van der Waals surface area contributed by atoms with Crippen molar-refractivity contribution in [3.05, 3.63) is 53.1 Å². The fourth-order valence-corrected chi connectivity index (χ4v) is 3.73. The van der Waals surface area contributed by atoms with Gasteiger partial charge in [-0.05, 0) is 31.9 Å². The highest BCUT2D eigenvalue weighted by atomic mass is 19.4. The van der Waals surface area contributed by atoms with Crippen molar-refractivity contribution in [2.75, 3.05) is 25.6 Å². The number of anilines is 1. The van der Waals surface area contributed by atoms with Gasteiger partial charge in [0.05, 0.1) is 24.3 Å². The number of hydrogen-bond donors (Lipinski definition) is 1. The van der Waals surface area contributed by atoms with Gasteiger partial charge in [-0.25, -0.2) is 14.4 Å². The van der Waals surface area contributed by atoms with Crippen LogP contribution in [0, 0.1) is 12.7 Å². The Morgan fingerprint density at radius 3 is 2.70 bits per heavy atom. The highest BCUT2D eigenvalue weighted by Gasteiger charge is 2.34. The lowest BCUT2D eigenvalue weighted by molar-refractivity contribution is -0.140. The average molecular weight is 465 g/mol. The van der Waals surface area contributed by atoms with E-state index in [0.717, 1.165) is 12.8 Å². The molecule has 1 fully saturated rings. The maximum absolute atomic E-state index is 14.4. The quantitative estimate of drug-likeness (QED) is 0.480. The molecule has 10 heteroatoms. The molecular formula is C23H23F4N3O3. The third kappa shape index (κ3) is 5.11. The van der Waals surface area contributed by atoms with Gasteiger partial charge in [0.15, 0.2) is 11.5 Å². The Morgan fingerprint density at radius 2 is 2.00 bits per heavy atom. The molecule has 3 aromatic rings. The zero-order chi connectivity index (χ0) is 23.6. The third-order valence-corrected chi connectivity index (χ3v) is 5.37. The number of ether oxygens (including phenoxy) is 3. The second-order valence-electron chi connectivity index (χ2n) is 7.72. The van der Waals surface area contributed by atoms with Gasteiger partial charge in [0, 0.05) is 30.2 Å². The molecule has 2 aromatic carbocycles. The Labute approximate surface area is 187 Å². The predicted molar refractivity (Wildman–Crippen MR) is 114 cm³/mol. The molecule has 1 aliphatic rings. The maximum atomic E-state index is 14.4. The lowest BCUT2D eigenvalue weighted by atomic mass is 10.1. The molecule has 1 aliphatic heterocycles. The summed E-state index contributed by atoms with van der Waals surface area (Å²) in [5, 5.41) is 3.51. The normalized spacial score (nSPS) is 16.2.